The zero-order valence-electron chi connectivity index (χ0n) is 16.0. The Morgan fingerprint density at radius 3 is 2.79 bits per heavy atom. The predicted octanol–water partition coefficient (Wildman–Crippen LogP) is 4.46. The second kappa shape index (κ2) is 8.12. The summed E-state index contributed by atoms with van der Waals surface area (Å²) in [7, 11) is 1.96. The number of carbonyl (C=O) groups excluding carboxylic acids is 1. The maximum atomic E-state index is 13.1. The van der Waals surface area contributed by atoms with Crippen molar-refractivity contribution < 1.29 is 9.21 Å². The third-order valence-corrected chi connectivity index (χ3v) is 5.59. The molecule has 3 heterocycles. The molecule has 5 nitrogen and oxygen atoms in total. The van der Waals surface area contributed by atoms with Crippen LogP contribution in [0.25, 0.3) is 0 Å². The third-order valence-electron chi connectivity index (χ3n) is 4.86. The zero-order chi connectivity index (χ0) is 19.5. The topological polar surface area (TPSA) is 49.1 Å². The van der Waals surface area contributed by atoms with Gasteiger partial charge in [0.1, 0.15) is 11.8 Å². The molecule has 0 aliphatic carbocycles. The number of furan rings is 1. The minimum atomic E-state index is -0.201. The van der Waals surface area contributed by atoms with Crippen molar-refractivity contribution in [2.24, 2.45) is 5.10 Å². The molecule has 6 heteroatoms. The lowest BCUT2D eigenvalue weighted by molar-refractivity contribution is -0.134. The Labute approximate surface area is 168 Å². The van der Waals surface area contributed by atoms with E-state index in [0.29, 0.717) is 13.0 Å². The second-order valence-electron chi connectivity index (χ2n) is 7.19. The first-order valence-electron chi connectivity index (χ1n) is 9.30. The lowest BCUT2D eigenvalue weighted by atomic mass is 10.0. The van der Waals surface area contributed by atoms with Crippen LogP contribution in [0.4, 0.5) is 0 Å². The monoisotopic (exact) mass is 393 g/mol. The molecule has 1 aromatic carbocycles. The van der Waals surface area contributed by atoms with E-state index in [4.69, 9.17) is 9.52 Å². The summed E-state index contributed by atoms with van der Waals surface area (Å²) in [6.45, 7) is 3.10. The Morgan fingerprint density at radius 1 is 1.29 bits per heavy atom. The number of hydrogen-bond acceptors (Lipinski definition) is 5. The van der Waals surface area contributed by atoms with E-state index in [9.17, 15) is 4.79 Å². The lowest BCUT2D eigenvalue weighted by Gasteiger charge is -2.23. The Hall–Kier alpha value is -2.70. The van der Waals surface area contributed by atoms with Gasteiger partial charge in [0.2, 0.25) is 0 Å². The molecular weight excluding hydrogens is 370 g/mol. The standard InChI is InChI=1S/C22H23N3O2S/c1-16-5-7-18(8-6-16)19-12-20(21-4-3-10-27-21)25(23-19)22(26)14-24(2)13-17-9-11-28-15-17/h3-11,15,20H,12-14H2,1-2H3. The van der Waals surface area contributed by atoms with E-state index in [-0.39, 0.29) is 11.9 Å². The molecule has 0 spiro atoms. The molecule has 0 bridgehead atoms. The van der Waals surface area contributed by atoms with Crippen molar-refractivity contribution >= 4 is 23.0 Å². The van der Waals surface area contributed by atoms with Crippen LogP contribution < -0.4 is 0 Å². The van der Waals surface area contributed by atoms with Crippen LogP contribution in [0.1, 0.15) is 34.9 Å². The first kappa shape index (κ1) is 18.7. The van der Waals surface area contributed by atoms with Gasteiger partial charge in [-0.05, 0) is 54.1 Å². The molecule has 1 atom stereocenters. The highest BCUT2D eigenvalue weighted by Gasteiger charge is 2.35. The molecule has 0 saturated carbocycles. The van der Waals surface area contributed by atoms with Crippen LogP contribution in [0.3, 0.4) is 0 Å². The van der Waals surface area contributed by atoms with Gasteiger partial charge in [0.15, 0.2) is 0 Å². The molecule has 4 rings (SSSR count). The van der Waals surface area contributed by atoms with Gasteiger partial charge < -0.3 is 4.42 Å². The van der Waals surface area contributed by atoms with E-state index in [2.05, 4.69) is 48.0 Å². The molecule has 1 unspecified atom stereocenters. The van der Waals surface area contributed by atoms with Crippen molar-refractivity contribution in [3.63, 3.8) is 0 Å². The summed E-state index contributed by atoms with van der Waals surface area (Å²) in [5, 5.41) is 10.4. The quantitative estimate of drug-likeness (QED) is 0.621. The number of hydrazone groups is 1. The summed E-state index contributed by atoms with van der Waals surface area (Å²) >= 11 is 1.67. The average Bonchev–Trinajstić information content (AvgIpc) is 3.43. The largest absolute Gasteiger partial charge is 0.467 e. The van der Waals surface area contributed by atoms with Crippen LogP contribution in [0.15, 0.2) is 69.0 Å². The molecule has 1 amide bonds. The number of nitrogens with zero attached hydrogens (tertiary/aromatic N) is 3. The van der Waals surface area contributed by atoms with Crippen LogP contribution in [0, 0.1) is 6.92 Å². The van der Waals surface area contributed by atoms with Crippen LogP contribution in [0.2, 0.25) is 0 Å². The minimum absolute atomic E-state index is 0.0266. The number of carbonyl (C=O) groups is 1. The van der Waals surface area contributed by atoms with Gasteiger partial charge in [-0.1, -0.05) is 29.8 Å². The van der Waals surface area contributed by atoms with Crippen molar-refractivity contribution in [2.75, 3.05) is 13.6 Å². The number of likely N-dealkylation sites (N-methyl/N-ethyl adjacent to an activating group) is 1. The van der Waals surface area contributed by atoms with E-state index in [0.717, 1.165) is 23.6 Å². The maximum absolute atomic E-state index is 13.1. The molecule has 0 fully saturated rings. The Morgan fingerprint density at radius 2 is 2.11 bits per heavy atom. The van der Waals surface area contributed by atoms with Gasteiger partial charge in [-0.25, -0.2) is 5.01 Å². The van der Waals surface area contributed by atoms with Gasteiger partial charge in [0, 0.05) is 13.0 Å². The minimum Gasteiger partial charge on any atom is -0.467 e. The van der Waals surface area contributed by atoms with Crippen molar-refractivity contribution in [3.8, 4) is 0 Å². The van der Waals surface area contributed by atoms with Gasteiger partial charge >= 0.3 is 0 Å². The highest BCUT2D eigenvalue weighted by atomic mass is 32.1. The fraction of sp³-hybridized carbons (Fsp3) is 0.273. The fourth-order valence-corrected chi connectivity index (χ4v) is 4.08. The van der Waals surface area contributed by atoms with Gasteiger partial charge in [-0.3, -0.25) is 9.69 Å². The Kier molecular flexibility index (Phi) is 5.41. The molecule has 144 valence electrons. The highest BCUT2D eigenvalue weighted by molar-refractivity contribution is 7.07. The summed E-state index contributed by atoms with van der Waals surface area (Å²) in [4.78, 5) is 15.1. The molecule has 28 heavy (non-hydrogen) atoms. The van der Waals surface area contributed by atoms with Crippen molar-refractivity contribution in [2.45, 2.75) is 25.9 Å². The first-order chi connectivity index (χ1) is 13.6. The summed E-state index contributed by atoms with van der Waals surface area (Å²) in [5.74, 6) is 0.737. The average molecular weight is 394 g/mol. The van der Waals surface area contributed by atoms with Crippen molar-refractivity contribution in [1.29, 1.82) is 0 Å². The van der Waals surface area contributed by atoms with E-state index in [1.165, 1.54) is 11.1 Å². The lowest BCUT2D eigenvalue weighted by Crippen LogP contribution is -2.36. The molecule has 3 aromatic rings. The van der Waals surface area contributed by atoms with E-state index in [1.807, 2.05) is 24.1 Å². The number of rotatable bonds is 6. The van der Waals surface area contributed by atoms with Crippen LogP contribution in [-0.4, -0.2) is 35.1 Å². The highest BCUT2D eigenvalue weighted by Crippen LogP contribution is 2.33. The fourth-order valence-electron chi connectivity index (χ4n) is 3.42. The molecule has 0 N–H and O–H groups in total. The van der Waals surface area contributed by atoms with Crippen molar-refractivity contribution in [1.82, 2.24) is 9.91 Å². The second-order valence-corrected chi connectivity index (χ2v) is 7.97. The number of benzene rings is 1. The zero-order valence-corrected chi connectivity index (χ0v) is 16.9. The number of thiophene rings is 1. The van der Waals surface area contributed by atoms with E-state index in [1.54, 1.807) is 22.6 Å². The molecular formula is C22H23N3O2S. The molecule has 1 aliphatic heterocycles. The van der Waals surface area contributed by atoms with E-state index >= 15 is 0 Å². The van der Waals surface area contributed by atoms with Crippen LogP contribution in [-0.2, 0) is 11.3 Å². The smallest absolute Gasteiger partial charge is 0.257 e. The Balaban J connectivity index is 1.53. The van der Waals surface area contributed by atoms with Crippen LogP contribution in [0.5, 0.6) is 0 Å². The number of hydrogen-bond donors (Lipinski definition) is 0. The SMILES string of the molecule is Cc1ccc(C2=NN(C(=O)CN(C)Cc3ccsc3)C(c3ccco3)C2)cc1. The van der Waals surface area contributed by atoms with Gasteiger partial charge in [0.05, 0.1) is 18.5 Å². The predicted molar refractivity (Wildman–Crippen MR) is 111 cm³/mol. The third kappa shape index (κ3) is 4.08. The normalized spacial score (nSPS) is 16.6. The first-order valence-corrected chi connectivity index (χ1v) is 10.2. The number of aryl methyl sites for hydroxylation is 1. The summed E-state index contributed by atoms with van der Waals surface area (Å²) in [6.07, 6.45) is 2.29. The molecule has 1 aliphatic rings. The number of amides is 1. The van der Waals surface area contributed by atoms with Gasteiger partial charge in [-0.2, -0.15) is 16.4 Å². The molecule has 2 aromatic heterocycles. The Bertz CT molecular complexity index is 946. The van der Waals surface area contributed by atoms with Crippen molar-refractivity contribution in [3.05, 3.63) is 81.9 Å². The maximum Gasteiger partial charge on any atom is 0.257 e. The van der Waals surface area contributed by atoms with Crippen LogP contribution >= 0.6 is 11.3 Å². The molecule has 0 radical (unpaired) electrons. The summed E-state index contributed by atoms with van der Waals surface area (Å²) in [6, 6.07) is 13.9. The van der Waals surface area contributed by atoms with Gasteiger partial charge in [0.25, 0.3) is 5.91 Å². The summed E-state index contributed by atoms with van der Waals surface area (Å²) in [5.41, 5.74) is 4.38. The van der Waals surface area contributed by atoms with E-state index < -0.39 is 0 Å². The summed E-state index contributed by atoms with van der Waals surface area (Å²) < 4.78 is 5.61. The van der Waals surface area contributed by atoms with Gasteiger partial charge in [-0.15, -0.1) is 0 Å². The molecule has 0 saturated heterocycles.